The van der Waals surface area contributed by atoms with Gasteiger partial charge in [-0.2, -0.15) is 9.57 Å². The summed E-state index contributed by atoms with van der Waals surface area (Å²) >= 11 is 0. The Balaban J connectivity index is 1.92. The zero-order chi connectivity index (χ0) is 17.2. The second-order valence-corrected chi connectivity index (χ2v) is 7.69. The first-order chi connectivity index (χ1) is 11.5. The molecule has 0 aliphatic carbocycles. The predicted octanol–water partition coefficient (Wildman–Crippen LogP) is 2.71. The van der Waals surface area contributed by atoms with Crippen LogP contribution in [0.5, 0.6) is 0 Å². The van der Waals surface area contributed by atoms with Crippen LogP contribution in [0.25, 0.3) is 0 Å². The molecule has 2 aromatic rings. The van der Waals surface area contributed by atoms with E-state index in [1.54, 1.807) is 12.1 Å². The Morgan fingerprint density at radius 1 is 1.17 bits per heavy atom. The van der Waals surface area contributed by atoms with E-state index in [4.69, 9.17) is 10.00 Å². The van der Waals surface area contributed by atoms with Gasteiger partial charge in [-0.3, -0.25) is 0 Å². The fourth-order valence-electron chi connectivity index (χ4n) is 2.80. The minimum atomic E-state index is -3.68. The first-order valence-corrected chi connectivity index (χ1v) is 9.15. The Kier molecular flexibility index (Phi) is 4.67. The SMILES string of the molecule is C[C@H]1CO[C@@H](c2ccccc2)CN1S(=O)(=O)c1cccc(C#N)c1. The summed E-state index contributed by atoms with van der Waals surface area (Å²) in [5.41, 5.74) is 1.28. The van der Waals surface area contributed by atoms with Crippen LogP contribution in [0.1, 0.15) is 24.2 Å². The number of sulfonamides is 1. The van der Waals surface area contributed by atoms with Crippen LogP contribution >= 0.6 is 0 Å². The summed E-state index contributed by atoms with van der Waals surface area (Å²) in [5.74, 6) is 0. The van der Waals surface area contributed by atoms with Crippen molar-refractivity contribution in [1.29, 1.82) is 5.26 Å². The molecule has 1 fully saturated rings. The highest BCUT2D eigenvalue weighted by Gasteiger charge is 2.36. The maximum absolute atomic E-state index is 13.0. The van der Waals surface area contributed by atoms with Gasteiger partial charge in [-0.1, -0.05) is 36.4 Å². The zero-order valence-electron chi connectivity index (χ0n) is 13.3. The van der Waals surface area contributed by atoms with Crippen molar-refractivity contribution < 1.29 is 13.2 Å². The van der Waals surface area contributed by atoms with Crippen molar-refractivity contribution >= 4 is 10.0 Å². The van der Waals surface area contributed by atoms with E-state index in [0.717, 1.165) is 5.56 Å². The highest BCUT2D eigenvalue weighted by molar-refractivity contribution is 7.89. The molecule has 0 radical (unpaired) electrons. The van der Waals surface area contributed by atoms with Crippen LogP contribution in [-0.2, 0) is 14.8 Å². The minimum absolute atomic E-state index is 0.141. The Hall–Kier alpha value is -2.20. The maximum atomic E-state index is 13.0. The number of nitrogens with zero attached hydrogens (tertiary/aromatic N) is 2. The Bertz CT molecular complexity index is 859. The monoisotopic (exact) mass is 342 g/mol. The van der Waals surface area contributed by atoms with Gasteiger partial charge in [-0.25, -0.2) is 8.42 Å². The average Bonchev–Trinajstić information content (AvgIpc) is 2.62. The summed E-state index contributed by atoms with van der Waals surface area (Å²) in [6.45, 7) is 2.41. The molecule has 24 heavy (non-hydrogen) atoms. The molecule has 3 rings (SSSR count). The molecule has 1 aliphatic heterocycles. The van der Waals surface area contributed by atoms with Crippen LogP contribution in [0.4, 0.5) is 0 Å². The summed E-state index contributed by atoms with van der Waals surface area (Å²) in [6.07, 6.45) is -0.295. The van der Waals surface area contributed by atoms with Crippen molar-refractivity contribution in [2.75, 3.05) is 13.2 Å². The molecule has 0 unspecified atom stereocenters. The van der Waals surface area contributed by atoms with Crippen LogP contribution in [0.3, 0.4) is 0 Å². The van der Waals surface area contributed by atoms with Crippen molar-refractivity contribution in [3.05, 3.63) is 65.7 Å². The van der Waals surface area contributed by atoms with Gasteiger partial charge >= 0.3 is 0 Å². The van der Waals surface area contributed by atoms with Gasteiger partial charge in [-0.15, -0.1) is 0 Å². The summed E-state index contributed by atoms with van der Waals surface area (Å²) in [4.78, 5) is 0.141. The van der Waals surface area contributed by atoms with E-state index in [-0.39, 0.29) is 23.6 Å². The molecule has 0 amide bonds. The number of hydrogen-bond donors (Lipinski definition) is 0. The largest absolute Gasteiger partial charge is 0.370 e. The lowest BCUT2D eigenvalue weighted by Crippen LogP contribution is -2.48. The predicted molar refractivity (Wildman–Crippen MR) is 89.6 cm³/mol. The second-order valence-electron chi connectivity index (χ2n) is 5.80. The second kappa shape index (κ2) is 6.73. The van der Waals surface area contributed by atoms with Gasteiger partial charge < -0.3 is 4.74 Å². The third-order valence-electron chi connectivity index (χ3n) is 4.12. The minimum Gasteiger partial charge on any atom is -0.370 e. The van der Waals surface area contributed by atoms with Gasteiger partial charge in [-0.05, 0) is 30.7 Å². The summed E-state index contributed by atoms with van der Waals surface area (Å²) < 4.78 is 33.3. The van der Waals surface area contributed by atoms with Crippen LogP contribution in [0, 0.1) is 11.3 Å². The van der Waals surface area contributed by atoms with E-state index in [1.807, 2.05) is 43.3 Å². The molecule has 0 spiro atoms. The molecule has 1 saturated heterocycles. The molecule has 2 atom stereocenters. The van der Waals surface area contributed by atoms with Crippen molar-refractivity contribution in [2.24, 2.45) is 0 Å². The Labute approximate surface area is 142 Å². The van der Waals surface area contributed by atoms with Crippen molar-refractivity contribution in [3.63, 3.8) is 0 Å². The normalized spacial score (nSPS) is 22.0. The van der Waals surface area contributed by atoms with E-state index in [2.05, 4.69) is 0 Å². The lowest BCUT2D eigenvalue weighted by molar-refractivity contribution is -0.0288. The number of ether oxygens (including phenoxy) is 1. The standard InChI is InChI=1S/C18H18N2O3S/c1-14-13-23-18(16-7-3-2-4-8-16)12-20(14)24(21,22)17-9-5-6-15(10-17)11-19/h2-10,14,18H,12-13H2,1H3/t14-,18+/m0/s1. The molecule has 1 heterocycles. The smallest absolute Gasteiger partial charge is 0.243 e. The highest BCUT2D eigenvalue weighted by Crippen LogP contribution is 2.29. The molecule has 6 heteroatoms. The third kappa shape index (κ3) is 3.20. The van der Waals surface area contributed by atoms with Gasteiger partial charge in [0.05, 0.1) is 29.2 Å². The lowest BCUT2D eigenvalue weighted by Gasteiger charge is -2.37. The van der Waals surface area contributed by atoms with E-state index in [9.17, 15) is 8.42 Å². The molecule has 1 aliphatic rings. The van der Waals surface area contributed by atoms with E-state index >= 15 is 0 Å². The molecular formula is C18H18N2O3S. The van der Waals surface area contributed by atoms with Gasteiger partial charge in [0.2, 0.25) is 10.0 Å². The molecule has 0 bridgehead atoms. The number of rotatable bonds is 3. The number of benzene rings is 2. The van der Waals surface area contributed by atoms with E-state index in [1.165, 1.54) is 16.4 Å². The summed E-state index contributed by atoms with van der Waals surface area (Å²) in [6, 6.07) is 17.4. The fraction of sp³-hybridized carbons (Fsp3) is 0.278. The van der Waals surface area contributed by atoms with Crippen molar-refractivity contribution in [3.8, 4) is 6.07 Å². The van der Waals surface area contributed by atoms with E-state index in [0.29, 0.717) is 12.2 Å². The fourth-order valence-corrected chi connectivity index (χ4v) is 4.46. The van der Waals surface area contributed by atoms with Gasteiger partial charge in [0.25, 0.3) is 0 Å². The van der Waals surface area contributed by atoms with Crippen LogP contribution < -0.4 is 0 Å². The molecule has 2 aromatic carbocycles. The number of morpholine rings is 1. The summed E-state index contributed by atoms with van der Waals surface area (Å²) in [5, 5.41) is 9.00. The number of hydrogen-bond acceptors (Lipinski definition) is 4. The van der Waals surface area contributed by atoms with Gasteiger partial charge in [0, 0.05) is 12.6 Å². The topological polar surface area (TPSA) is 70.4 Å². The highest BCUT2D eigenvalue weighted by atomic mass is 32.2. The molecule has 0 aromatic heterocycles. The first kappa shape index (κ1) is 16.7. The molecule has 5 nitrogen and oxygen atoms in total. The molecule has 0 N–H and O–H groups in total. The zero-order valence-corrected chi connectivity index (χ0v) is 14.1. The quantitative estimate of drug-likeness (QED) is 0.860. The average molecular weight is 342 g/mol. The summed E-state index contributed by atoms with van der Waals surface area (Å²) in [7, 11) is -3.68. The molecule has 0 saturated carbocycles. The van der Waals surface area contributed by atoms with Crippen LogP contribution in [0.15, 0.2) is 59.5 Å². The Morgan fingerprint density at radius 3 is 2.62 bits per heavy atom. The van der Waals surface area contributed by atoms with Crippen molar-refractivity contribution in [1.82, 2.24) is 4.31 Å². The first-order valence-electron chi connectivity index (χ1n) is 7.71. The maximum Gasteiger partial charge on any atom is 0.243 e. The van der Waals surface area contributed by atoms with Gasteiger partial charge in [0.15, 0.2) is 0 Å². The van der Waals surface area contributed by atoms with Crippen LogP contribution in [0.2, 0.25) is 0 Å². The molecule has 124 valence electrons. The molecular weight excluding hydrogens is 324 g/mol. The van der Waals surface area contributed by atoms with Gasteiger partial charge in [0.1, 0.15) is 0 Å². The lowest BCUT2D eigenvalue weighted by atomic mass is 10.1. The number of nitriles is 1. The third-order valence-corrected chi connectivity index (χ3v) is 6.09. The van der Waals surface area contributed by atoms with Crippen LogP contribution in [-0.4, -0.2) is 31.9 Å². The van der Waals surface area contributed by atoms with E-state index < -0.39 is 10.0 Å². The Morgan fingerprint density at radius 2 is 1.92 bits per heavy atom. The van der Waals surface area contributed by atoms with Crippen molar-refractivity contribution in [2.45, 2.75) is 24.0 Å².